The van der Waals surface area contributed by atoms with Crippen molar-refractivity contribution in [1.29, 1.82) is 0 Å². The fourth-order valence-electron chi connectivity index (χ4n) is 2.97. The number of aromatic nitrogens is 2. The van der Waals surface area contributed by atoms with Crippen LogP contribution in [-0.4, -0.2) is 16.5 Å². The van der Waals surface area contributed by atoms with Crippen molar-refractivity contribution in [3.8, 4) is 0 Å². The smallest absolute Gasteiger partial charge is 0.141 e. The predicted molar refractivity (Wildman–Crippen MR) is 87.8 cm³/mol. The highest BCUT2D eigenvalue weighted by Gasteiger charge is 2.20. The fourth-order valence-corrected chi connectivity index (χ4v) is 3.82. The Kier molecular flexibility index (Phi) is 2.82. The van der Waals surface area contributed by atoms with E-state index in [1.54, 1.807) is 17.7 Å². The molecule has 3 aromatic rings. The first-order valence-corrected chi connectivity index (χ1v) is 7.86. The molecule has 0 atom stereocenters. The number of hydrogen-bond acceptors (Lipinski definition) is 5. The van der Waals surface area contributed by atoms with Crippen LogP contribution >= 0.6 is 11.3 Å². The van der Waals surface area contributed by atoms with Crippen molar-refractivity contribution in [3.05, 3.63) is 46.6 Å². The van der Waals surface area contributed by atoms with E-state index in [1.165, 1.54) is 16.0 Å². The summed E-state index contributed by atoms with van der Waals surface area (Å²) in [6.07, 6.45) is 2.70. The first kappa shape index (κ1) is 12.6. The van der Waals surface area contributed by atoms with Crippen LogP contribution in [0.25, 0.3) is 10.2 Å². The number of anilines is 2. The third kappa shape index (κ3) is 2.14. The zero-order valence-corrected chi connectivity index (χ0v) is 12.7. The number of rotatable bonds is 1. The van der Waals surface area contributed by atoms with Gasteiger partial charge in [-0.3, -0.25) is 0 Å². The van der Waals surface area contributed by atoms with Crippen molar-refractivity contribution >= 4 is 33.1 Å². The van der Waals surface area contributed by atoms with E-state index in [2.05, 4.69) is 40.0 Å². The number of aryl methyl sites for hydroxylation is 1. The summed E-state index contributed by atoms with van der Waals surface area (Å²) in [5.41, 5.74) is 9.45. The van der Waals surface area contributed by atoms with E-state index in [1.807, 2.05) is 6.07 Å². The Bertz CT molecular complexity index is 824. The highest BCUT2D eigenvalue weighted by Crippen LogP contribution is 2.32. The highest BCUT2D eigenvalue weighted by atomic mass is 32.1. The molecule has 0 aliphatic carbocycles. The van der Waals surface area contributed by atoms with Gasteiger partial charge in [-0.15, -0.1) is 11.3 Å². The Morgan fingerprint density at radius 2 is 2.10 bits per heavy atom. The second-order valence-corrected chi connectivity index (χ2v) is 6.71. The van der Waals surface area contributed by atoms with Crippen LogP contribution in [0.3, 0.4) is 0 Å². The lowest BCUT2D eigenvalue weighted by atomic mass is 9.99. The molecule has 21 heavy (non-hydrogen) atoms. The number of hydrogen-bond donors (Lipinski definition) is 1. The Balaban J connectivity index is 1.77. The van der Waals surface area contributed by atoms with Crippen LogP contribution in [0.2, 0.25) is 0 Å². The van der Waals surface area contributed by atoms with Crippen LogP contribution in [0.15, 0.2) is 30.6 Å². The maximum absolute atomic E-state index is 5.92. The van der Waals surface area contributed by atoms with Gasteiger partial charge in [-0.2, -0.15) is 0 Å². The topological polar surface area (TPSA) is 55.0 Å². The van der Waals surface area contributed by atoms with Gasteiger partial charge in [0.2, 0.25) is 0 Å². The van der Waals surface area contributed by atoms with Crippen molar-refractivity contribution < 1.29 is 0 Å². The van der Waals surface area contributed by atoms with Gasteiger partial charge in [0.25, 0.3) is 0 Å². The minimum absolute atomic E-state index is 0.829. The molecule has 0 amide bonds. The van der Waals surface area contributed by atoms with Crippen LogP contribution in [0.1, 0.15) is 16.0 Å². The molecule has 0 spiro atoms. The first-order valence-electron chi connectivity index (χ1n) is 7.04. The van der Waals surface area contributed by atoms with Gasteiger partial charge in [-0.25, -0.2) is 9.97 Å². The molecule has 5 heteroatoms. The summed E-state index contributed by atoms with van der Waals surface area (Å²) in [5, 5.41) is 1.16. The van der Waals surface area contributed by atoms with Gasteiger partial charge in [-0.05, 0) is 42.7 Å². The lowest BCUT2D eigenvalue weighted by molar-refractivity contribution is 0.723. The second kappa shape index (κ2) is 4.70. The Morgan fingerprint density at radius 1 is 1.19 bits per heavy atom. The van der Waals surface area contributed by atoms with Crippen LogP contribution in [-0.2, 0) is 13.0 Å². The second-order valence-electron chi connectivity index (χ2n) is 5.47. The third-order valence-corrected chi connectivity index (χ3v) is 4.93. The third-order valence-electron chi connectivity index (χ3n) is 3.97. The molecule has 1 aliphatic rings. The number of nitrogens with zero attached hydrogens (tertiary/aromatic N) is 3. The van der Waals surface area contributed by atoms with E-state index < -0.39 is 0 Å². The molecule has 106 valence electrons. The van der Waals surface area contributed by atoms with E-state index in [4.69, 9.17) is 5.73 Å². The standard InChI is InChI=1S/C16H16N4S/c1-10-6-14-15(18-9-19-16(14)21-10)20-5-4-11-2-3-13(17)7-12(11)8-20/h2-3,6-7,9H,4-5,8,17H2,1H3. The molecule has 0 saturated carbocycles. The molecule has 4 nitrogen and oxygen atoms in total. The van der Waals surface area contributed by atoms with Gasteiger partial charge >= 0.3 is 0 Å². The molecule has 3 heterocycles. The van der Waals surface area contributed by atoms with Crippen molar-refractivity contribution in [2.24, 2.45) is 0 Å². The Labute approximate surface area is 127 Å². The number of benzene rings is 1. The zero-order chi connectivity index (χ0) is 14.4. The van der Waals surface area contributed by atoms with Gasteiger partial charge in [0.05, 0.1) is 5.39 Å². The minimum Gasteiger partial charge on any atom is -0.399 e. The summed E-state index contributed by atoms with van der Waals surface area (Å²) in [6, 6.07) is 8.40. The van der Waals surface area contributed by atoms with Crippen LogP contribution in [0.5, 0.6) is 0 Å². The maximum atomic E-state index is 5.92. The molecule has 2 aromatic heterocycles. The average molecular weight is 296 g/mol. The van der Waals surface area contributed by atoms with Gasteiger partial charge < -0.3 is 10.6 Å². The molecule has 0 saturated heterocycles. The minimum atomic E-state index is 0.829. The molecule has 0 radical (unpaired) electrons. The van der Waals surface area contributed by atoms with Gasteiger partial charge in [0, 0.05) is 23.7 Å². The normalized spacial score (nSPS) is 14.4. The van der Waals surface area contributed by atoms with Gasteiger partial charge in [-0.1, -0.05) is 6.07 Å². The molecule has 2 N–H and O–H groups in total. The van der Waals surface area contributed by atoms with Crippen molar-refractivity contribution in [2.45, 2.75) is 19.9 Å². The highest BCUT2D eigenvalue weighted by molar-refractivity contribution is 7.18. The molecule has 0 bridgehead atoms. The van der Waals surface area contributed by atoms with E-state index in [0.29, 0.717) is 0 Å². The molecule has 1 aliphatic heterocycles. The Morgan fingerprint density at radius 3 is 3.00 bits per heavy atom. The first-order chi connectivity index (χ1) is 10.2. The largest absolute Gasteiger partial charge is 0.399 e. The summed E-state index contributed by atoms with van der Waals surface area (Å²) in [4.78, 5) is 13.6. The van der Waals surface area contributed by atoms with Crippen LogP contribution in [0, 0.1) is 6.92 Å². The number of thiophene rings is 1. The van der Waals surface area contributed by atoms with Crippen molar-refractivity contribution in [3.63, 3.8) is 0 Å². The number of nitrogens with two attached hydrogens (primary N) is 1. The van der Waals surface area contributed by atoms with Crippen molar-refractivity contribution in [2.75, 3.05) is 17.2 Å². The van der Waals surface area contributed by atoms with Gasteiger partial charge in [0.15, 0.2) is 0 Å². The van der Waals surface area contributed by atoms with Crippen LogP contribution in [0.4, 0.5) is 11.5 Å². The average Bonchev–Trinajstić information content (AvgIpc) is 2.86. The maximum Gasteiger partial charge on any atom is 0.141 e. The molecular weight excluding hydrogens is 280 g/mol. The van der Waals surface area contributed by atoms with Crippen LogP contribution < -0.4 is 10.6 Å². The molecule has 0 unspecified atom stereocenters. The molecular formula is C16H16N4S. The van der Waals surface area contributed by atoms with Gasteiger partial charge in [0.1, 0.15) is 17.0 Å². The fraction of sp³-hybridized carbons (Fsp3) is 0.250. The monoisotopic (exact) mass is 296 g/mol. The molecule has 4 rings (SSSR count). The van der Waals surface area contributed by atoms with E-state index in [0.717, 1.165) is 41.2 Å². The summed E-state index contributed by atoms with van der Waals surface area (Å²) in [5.74, 6) is 1.04. The van der Waals surface area contributed by atoms with E-state index in [-0.39, 0.29) is 0 Å². The summed E-state index contributed by atoms with van der Waals surface area (Å²) >= 11 is 1.72. The zero-order valence-electron chi connectivity index (χ0n) is 11.8. The summed E-state index contributed by atoms with van der Waals surface area (Å²) in [6.45, 7) is 3.96. The lowest BCUT2D eigenvalue weighted by Crippen LogP contribution is -2.31. The SMILES string of the molecule is Cc1cc2c(N3CCc4ccc(N)cc4C3)ncnc2s1. The number of nitrogen functional groups attached to an aromatic ring is 1. The summed E-state index contributed by atoms with van der Waals surface area (Å²) in [7, 11) is 0. The quantitative estimate of drug-likeness (QED) is 0.701. The molecule has 1 aromatic carbocycles. The van der Waals surface area contributed by atoms with E-state index in [9.17, 15) is 0 Å². The predicted octanol–water partition coefficient (Wildman–Crippen LogP) is 3.14. The summed E-state index contributed by atoms with van der Waals surface area (Å²) < 4.78 is 0. The lowest BCUT2D eigenvalue weighted by Gasteiger charge is -2.30. The Hall–Kier alpha value is -2.14. The number of fused-ring (bicyclic) bond motifs is 2. The van der Waals surface area contributed by atoms with Crippen molar-refractivity contribution in [1.82, 2.24) is 9.97 Å². The molecule has 0 fully saturated rings. The van der Waals surface area contributed by atoms with E-state index >= 15 is 0 Å².